The molecule has 4 heterocycles. The van der Waals surface area contributed by atoms with Crippen LogP contribution in [0.5, 0.6) is 0 Å². The van der Waals surface area contributed by atoms with Crippen molar-refractivity contribution in [3.05, 3.63) is 66.2 Å². The van der Waals surface area contributed by atoms with E-state index in [1.165, 1.54) is 0 Å². The van der Waals surface area contributed by atoms with Crippen LogP contribution in [0.25, 0.3) is 11.2 Å². The van der Waals surface area contributed by atoms with E-state index >= 15 is 0 Å². The van der Waals surface area contributed by atoms with Crippen molar-refractivity contribution in [1.82, 2.24) is 29.4 Å². The Labute approximate surface area is 204 Å². The second-order valence-electron chi connectivity index (χ2n) is 8.55. The number of morpholine rings is 1. The van der Waals surface area contributed by atoms with E-state index in [2.05, 4.69) is 30.1 Å². The van der Waals surface area contributed by atoms with Gasteiger partial charge in [-0.25, -0.2) is 4.98 Å². The molecule has 0 spiro atoms. The lowest BCUT2D eigenvalue weighted by Gasteiger charge is -2.26. The van der Waals surface area contributed by atoms with Gasteiger partial charge in [-0.15, -0.1) is 0 Å². The van der Waals surface area contributed by atoms with Gasteiger partial charge in [0.1, 0.15) is 0 Å². The van der Waals surface area contributed by atoms with Crippen LogP contribution in [0.2, 0.25) is 0 Å². The van der Waals surface area contributed by atoms with Crippen LogP contribution < -0.4 is 16.4 Å². The van der Waals surface area contributed by atoms with Crippen molar-refractivity contribution in [2.75, 3.05) is 55.8 Å². The number of nitrogens with one attached hydrogen (secondary N) is 2. The molecule has 0 aliphatic carbocycles. The molecule has 4 aromatic rings. The van der Waals surface area contributed by atoms with Crippen LogP contribution in [0.15, 0.2) is 55.0 Å². The van der Waals surface area contributed by atoms with Crippen LogP contribution in [0.3, 0.4) is 0 Å². The number of anilines is 3. The molecule has 35 heavy (non-hydrogen) atoms. The average molecular weight is 474 g/mol. The molecular formula is C25H31N9O. The topological polar surface area (TPSA) is 119 Å². The third-order valence-corrected chi connectivity index (χ3v) is 6.05. The van der Waals surface area contributed by atoms with E-state index in [9.17, 15) is 0 Å². The molecule has 10 nitrogen and oxygen atoms in total. The molecule has 0 saturated carbocycles. The van der Waals surface area contributed by atoms with Gasteiger partial charge in [-0.05, 0) is 29.8 Å². The highest BCUT2D eigenvalue weighted by atomic mass is 16.5. The quantitative estimate of drug-likeness (QED) is 0.298. The SMILES string of the molecule is Nc1ccc(CNc2nc(NCCc3ccccn3)nc3c2ncn3CCN2CCOCC2)cc1. The van der Waals surface area contributed by atoms with Crippen molar-refractivity contribution in [1.29, 1.82) is 0 Å². The molecule has 0 bridgehead atoms. The Morgan fingerprint density at radius 1 is 0.943 bits per heavy atom. The maximum atomic E-state index is 5.82. The van der Waals surface area contributed by atoms with E-state index in [4.69, 9.17) is 20.4 Å². The number of nitrogens with two attached hydrogens (primary N) is 1. The van der Waals surface area contributed by atoms with Crippen molar-refractivity contribution in [2.24, 2.45) is 0 Å². The Bertz CT molecular complexity index is 1220. The summed E-state index contributed by atoms with van der Waals surface area (Å²) in [4.78, 5) is 21.0. The predicted octanol–water partition coefficient (Wildman–Crippen LogP) is 2.40. The highest BCUT2D eigenvalue weighted by Gasteiger charge is 2.15. The number of rotatable bonds is 10. The van der Waals surface area contributed by atoms with Crippen LogP contribution in [-0.2, 0) is 24.2 Å². The van der Waals surface area contributed by atoms with E-state index in [0.717, 1.165) is 73.9 Å². The van der Waals surface area contributed by atoms with E-state index < -0.39 is 0 Å². The first-order valence-electron chi connectivity index (χ1n) is 12.0. The van der Waals surface area contributed by atoms with Crippen LogP contribution in [0.1, 0.15) is 11.3 Å². The van der Waals surface area contributed by atoms with Gasteiger partial charge in [-0.2, -0.15) is 9.97 Å². The summed E-state index contributed by atoms with van der Waals surface area (Å²) in [5.74, 6) is 1.28. The van der Waals surface area contributed by atoms with Gasteiger partial charge in [0.05, 0.1) is 19.5 Å². The Balaban J connectivity index is 1.34. The predicted molar refractivity (Wildman–Crippen MR) is 137 cm³/mol. The summed E-state index contributed by atoms with van der Waals surface area (Å²) in [6, 6.07) is 13.8. The van der Waals surface area contributed by atoms with Gasteiger partial charge in [0.15, 0.2) is 17.0 Å². The van der Waals surface area contributed by atoms with Crippen molar-refractivity contribution >= 4 is 28.6 Å². The Kier molecular flexibility index (Phi) is 7.30. The smallest absolute Gasteiger partial charge is 0.226 e. The monoisotopic (exact) mass is 473 g/mol. The number of hydrogen-bond donors (Lipinski definition) is 3. The number of hydrogen-bond acceptors (Lipinski definition) is 9. The zero-order chi connectivity index (χ0) is 23.9. The lowest BCUT2D eigenvalue weighted by molar-refractivity contribution is 0.0365. The normalized spacial score (nSPS) is 14.3. The van der Waals surface area contributed by atoms with Gasteiger partial charge in [-0.3, -0.25) is 9.88 Å². The minimum Gasteiger partial charge on any atom is -0.399 e. The lowest BCUT2D eigenvalue weighted by Crippen LogP contribution is -2.38. The van der Waals surface area contributed by atoms with E-state index in [1.54, 1.807) is 0 Å². The maximum absolute atomic E-state index is 5.82. The zero-order valence-electron chi connectivity index (χ0n) is 19.7. The molecule has 1 saturated heterocycles. The number of benzene rings is 1. The molecule has 5 rings (SSSR count). The molecule has 3 aromatic heterocycles. The molecule has 0 atom stereocenters. The molecule has 10 heteroatoms. The van der Waals surface area contributed by atoms with E-state index in [1.807, 2.05) is 55.0 Å². The molecule has 0 unspecified atom stereocenters. The standard InChI is InChI=1S/C25H31N9O/c26-20-6-4-19(5-7-20)17-29-23-22-24(34(18-30-22)12-11-33-13-15-35-16-14-33)32-25(31-23)28-10-8-21-3-1-2-9-27-21/h1-7,9,18H,8,10-17,26H2,(H2,28,29,31,32). The molecule has 1 aliphatic rings. The van der Waals surface area contributed by atoms with Crippen LogP contribution >= 0.6 is 0 Å². The lowest BCUT2D eigenvalue weighted by atomic mass is 10.2. The number of aromatic nitrogens is 5. The largest absolute Gasteiger partial charge is 0.399 e. The summed E-state index contributed by atoms with van der Waals surface area (Å²) in [6.07, 6.45) is 4.45. The summed E-state index contributed by atoms with van der Waals surface area (Å²) in [6.45, 7) is 6.51. The highest BCUT2D eigenvalue weighted by Crippen LogP contribution is 2.22. The van der Waals surface area contributed by atoms with Gasteiger partial charge in [0.25, 0.3) is 0 Å². The van der Waals surface area contributed by atoms with Gasteiger partial charge in [0, 0.05) is 63.3 Å². The molecular weight excluding hydrogens is 442 g/mol. The number of fused-ring (bicyclic) bond motifs is 1. The summed E-state index contributed by atoms with van der Waals surface area (Å²) in [7, 11) is 0. The molecule has 1 aromatic carbocycles. The Morgan fingerprint density at radius 3 is 2.60 bits per heavy atom. The summed E-state index contributed by atoms with van der Waals surface area (Å²) in [5, 5.41) is 6.81. The number of imidazole rings is 1. The average Bonchev–Trinajstić information content (AvgIpc) is 3.31. The van der Waals surface area contributed by atoms with Crippen molar-refractivity contribution < 1.29 is 4.74 Å². The fraction of sp³-hybridized carbons (Fsp3) is 0.360. The molecule has 0 amide bonds. The van der Waals surface area contributed by atoms with Crippen LogP contribution in [0.4, 0.5) is 17.5 Å². The second kappa shape index (κ2) is 11.1. The minimum absolute atomic E-state index is 0.571. The fourth-order valence-corrected chi connectivity index (χ4v) is 4.05. The molecule has 1 fully saturated rings. The maximum Gasteiger partial charge on any atom is 0.226 e. The van der Waals surface area contributed by atoms with Crippen molar-refractivity contribution in [3.63, 3.8) is 0 Å². The Morgan fingerprint density at radius 2 is 1.80 bits per heavy atom. The van der Waals surface area contributed by atoms with Crippen LogP contribution in [0, 0.1) is 0 Å². The molecule has 4 N–H and O–H groups in total. The Hall–Kier alpha value is -3.76. The van der Waals surface area contributed by atoms with Gasteiger partial charge in [-0.1, -0.05) is 18.2 Å². The summed E-state index contributed by atoms with van der Waals surface area (Å²) in [5.41, 5.74) is 10.3. The first-order valence-corrected chi connectivity index (χ1v) is 12.0. The zero-order valence-corrected chi connectivity index (χ0v) is 19.7. The first kappa shape index (κ1) is 23.0. The van der Waals surface area contributed by atoms with Crippen molar-refractivity contribution in [2.45, 2.75) is 19.5 Å². The highest BCUT2D eigenvalue weighted by molar-refractivity contribution is 5.84. The third kappa shape index (κ3) is 6.03. The van der Waals surface area contributed by atoms with E-state index in [-0.39, 0.29) is 0 Å². The fourth-order valence-electron chi connectivity index (χ4n) is 4.05. The first-order chi connectivity index (χ1) is 17.2. The van der Waals surface area contributed by atoms with Gasteiger partial charge in [0.2, 0.25) is 5.95 Å². The molecule has 1 aliphatic heterocycles. The summed E-state index contributed by atoms with van der Waals surface area (Å²) >= 11 is 0. The van der Waals surface area contributed by atoms with E-state index in [0.29, 0.717) is 24.9 Å². The second-order valence-corrected chi connectivity index (χ2v) is 8.55. The number of nitrogens with zero attached hydrogens (tertiary/aromatic N) is 6. The van der Waals surface area contributed by atoms with Gasteiger partial charge >= 0.3 is 0 Å². The number of ether oxygens (including phenoxy) is 1. The number of nitrogen functional groups attached to an aromatic ring is 1. The summed E-state index contributed by atoms with van der Waals surface area (Å²) < 4.78 is 7.57. The van der Waals surface area contributed by atoms with Crippen molar-refractivity contribution in [3.8, 4) is 0 Å². The third-order valence-electron chi connectivity index (χ3n) is 6.05. The molecule has 0 radical (unpaired) electrons. The number of pyridine rings is 1. The van der Waals surface area contributed by atoms with Gasteiger partial charge < -0.3 is 25.7 Å². The molecule has 182 valence electrons. The minimum atomic E-state index is 0.571. The van der Waals surface area contributed by atoms with Crippen LogP contribution in [-0.4, -0.2) is 68.8 Å².